The van der Waals surface area contributed by atoms with E-state index in [2.05, 4.69) is 5.32 Å². The predicted molar refractivity (Wildman–Crippen MR) is 73.2 cm³/mol. The molecule has 0 spiro atoms. The van der Waals surface area contributed by atoms with Crippen LogP contribution in [0.25, 0.3) is 0 Å². The Morgan fingerprint density at radius 2 is 2.11 bits per heavy atom. The van der Waals surface area contributed by atoms with Gasteiger partial charge in [-0.25, -0.2) is 0 Å². The SMILES string of the molecule is CCc1cccc(C)c1NC(=O)CSS(=O)(=O)O. The summed E-state index contributed by atoms with van der Waals surface area (Å²) in [6, 6.07) is 5.67. The zero-order chi connectivity index (χ0) is 13.8. The van der Waals surface area contributed by atoms with Gasteiger partial charge in [-0.2, -0.15) is 8.42 Å². The molecule has 0 aliphatic carbocycles. The van der Waals surface area contributed by atoms with Gasteiger partial charge in [0.2, 0.25) is 5.91 Å². The highest BCUT2D eigenvalue weighted by Crippen LogP contribution is 2.21. The highest BCUT2D eigenvalue weighted by Gasteiger charge is 2.12. The van der Waals surface area contributed by atoms with Crippen LogP contribution in [-0.2, 0) is 20.4 Å². The van der Waals surface area contributed by atoms with Crippen molar-refractivity contribution in [2.75, 3.05) is 11.1 Å². The van der Waals surface area contributed by atoms with E-state index in [4.69, 9.17) is 4.55 Å². The van der Waals surface area contributed by atoms with Crippen molar-refractivity contribution in [1.29, 1.82) is 0 Å². The second kappa shape index (κ2) is 6.21. The summed E-state index contributed by atoms with van der Waals surface area (Å²) in [6.07, 6.45) is 0.767. The first-order valence-electron chi connectivity index (χ1n) is 5.33. The van der Waals surface area contributed by atoms with E-state index in [0.717, 1.165) is 17.5 Å². The highest BCUT2D eigenvalue weighted by atomic mass is 33.1. The maximum Gasteiger partial charge on any atom is 0.320 e. The molecule has 0 atom stereocenters. The summed E-state index contributed by atoms with van der Waals surface area (Å²) in [5.74, 6) is -0.794. The molecule has 0 saturated carbocycles. The maximum absolute atomic E-state index is 11.6. The summed E-state index contributed by atoms with van der Waals surface area (Å²) < 4.78 is 29.6. The Balaban J connectivity index is 2.76. The first-order valence-corrected chi connectivity index (χ1v) is 8.28. The van der Waals surface area contributed by atoms with Crippen LogP contribution in [0, 0.1) is 6.92 Å². The normalized spacial score (nSPS) is 11.3. The van der Waals surface area contributed by atoms with Crippen molar-refractivity contribution < 1.29 is 17.8 Å². The minimum absolute atomic E-state index is 0.196. The molecule has 0 aromatic heterocycles. The molecule has 0 aliphatic rings. The number of aryl methyl sites for hydroxylation is 2. The second-order valence-electron chi connectivity index (χ2n) is 3.70. The number of rotatable bonds is 5. The Labute approximate surface area is 110 Å². The monoisotopic (exact) mass is 289 g/mol. The van der Waals surface area contributed by atoms with Gasteiger partial charge in [0.25, 0.3) is 0 Å². The van der Waals surface area contributed by atoms with Gasteiger partial charge in [-0.15, -0.1) is 0 Å². The lowest BCUT2D eigenvalue weighted by molar-refractivity contribution is -0.113. The van der Waals surface area contributed by atoms with E-state index in [0.29, 0.717) is 5.69 Å². The molecule has 100 valence electrons. The Kier molecular flexibility index (Phi) is 5.18. The van der Waals surface area contributed by atoms with Gasteiger partial charge in [0.1, 0.15) is 0 Å². The van der Waals surface area contributed by atoms with Crippen molar-refractivity contribution in [2.24, 2.45) is 0 Å². The average Bonchev–Trinajstić information content (AvgIpc) is 2.28. The fraction of sp³-hybridized carbons (Fsp3) is 0.364. The molecule has 0 fully saturated rings. The molecule has 0 heterocycles. The van der Waals surface area contributed by atoms with Crippen LogP contribution in [-0.4, -0.2) is 24.6 Å². The lowest BCUT2D eigenvalue weighted by Gasteiger charge is -2.12. The predicted octanol–water partition coefficient (Wildman–Crippen LogP) is 2.03. The maximum atomic E-state index is 11.6. The summed E-state index contributed by atoms with van der Waals surface area (Å²) in [4.78, 5) is 11.6. The summed E-state index contributed by atoms with van der Waals surface area (Å²) in [5, 5.41) is 2.67. The molecule has 0 bridgehead atoms. The smallest absolute Gasteiger partial charge is 0.320 e. The van der Waals surface area contributed by atoms with Crippen LogP contribution >= 0.6 is 10.8 Å². The van der Waals surface area contributed by atoms with Crippen LogP contribution in [0.4, 0.5) is 5.69 Å². The molecule has 1 aromatic carbocycles. The van der Waals surface area contributed by atoms with Crippen LogP contribution in [0.2, 0.25) is 0 Å². The van der Waals surface area contributed by atoms with Crippen molar-refractivity contribution in [3.63, 3.8) is 0 Å². The van der Waals surface area contributed by atoms with E-state index < -0.39 is 15.1 Å². The first-order chi connectivity index (χ1) is 8.33. The molecule has 7 heteroatoms. The summed E-state index contributed by atoms with van der Waals surface area (Å²) in [6.45, 7) is 3.84. The number of hydrogen-bond acceptors (Lipinski definition) is 4. The molecule has 1 amide bonds. The molecule has 1 rings (SSSR count). The first kappa shape index (κ1) is 15.0. The number of benzene rings is 1. The van der Waals surface area contributed by atoms with E-state index in [-0.39, 0.29) is 16.5 Å². The number of carbonyl (C=O) groups excluding carboxylic acids is 1. The van der Waals surface area contributed by atoms with Crippen molar-refractivity contribution in [1.82, 2.24) is 0 Å². The van der Waals surface area contributed by atoms with Gasteiger partial charge in [-0.3, -0.25) is 9.35 Å². The number of amides is 1. The zero-order valence-electron chi connectivity index (χ0n) is 10.1. The van der Waals surface area contributed by atoms with Crippen LogP contribution in [0.3, 0.4) is 0 Å². The molecule has 18 heavy (non-hydrogen) atoms. The third-order valence-corrected chi connectivity index (χ3v) is 4.27. The van der Waals surface area contributed by atoms with Gasteiger partial charge in [-0.05, 0) is 24.5 Å². The summed E-state index contributed by atoms with van der Waals surface area (Å²) >= 11 is 0. The summed E-state index contributed by atoms with van der Waals surface area (Å²) in [5.41, 5.74) is 2.61. The van der Waals surface area contributed by atoms with Gasteiger partial charge in [0, 0.05) is 16.5 Å². The molecular formula is C11H15NO4S2. The third kappa shape index (κ3) is 4.67. The number of anilines is 1. The highest BCUT2D eigenvalue weighted by molar-refractivity contribution is 8.70. The van der Waals surface area contributed by atoms with Gasteiger partial charge in [0.05, 0.1) is 5.75 Å². The van der Waals surface area contributed by atoms with E-state index in [1.807, 2.05) is 32.0 Å². The zero-order valence-corrected chi connectivity index (χ0v) is 11.8. The number of para-hydroxylation sites is 1. The third-order valence-electron chi connectivity index (χ3n) is 2.34. The van der Waals surface area contributed by atoms with Crippen molar-refractivity contribution in [3.8, 4) is 0 Å². The quantitative estimate of drug-likeness (QED) is 0.640. The largest absolute Gasteiger partial charge is 0.325 e. The van der Waals surface area contributed by atoms with Crippen LogP contribution < -0.4 is 5.32 Å². The van der Waals surface area contributed by atoms with Crippen LogP contribution in [0.1, 0.15) is 18.1 Å². The lowest BCUT2D eigenvalue weighted by Crippen LogP contribution is -2.17. The van der Waals surface area contributed by atoms with Gasteiger partial charge >= 0.3 is 9.15 Å². The molecule has 1 aromatic rings. The van der Waals surface area contributed by atoms with E-state index in [1.54, 1.807) is 0 Å². The topological polar surface area (TPSA) is 83.5 Å². The Hall–Kier alpha value is -1.05. The molecule has 5 nitrogen and oxygen atoms in total. The van der Waals surface area contributed by atoms with Gasteiger partial charge in [0.15, 0.2) is 0 Å². The minimum atomic E-state index is -4.18. The number of hydrogen-bond donors (Lipinski definition) is 2. The van der Waals surface area contributed by atoms with Gasteiger partial charge in [-0.1, -0.05) is 25.1 Å². The molecule has 0 aliphatic heterocycles. The Morgan fingerprint density at radius 3 is 2.67 bits per heavy atom. The molecule has 2 N–H and O–H groups in total. The van der Waals surface area contributed by atoms with E-state index in [1.165, 1.54) is 0 Å². The van der Waals surface area contributed by atoms with Crippen molar-refractivity contribution in [3.05, 3.63) is 29.3 Å². The fourth-order valence-corrected chi connectivity index (χ4v) is 2.60. The van der Waals surface area contributed by atoms with Crippen molar-refractivity contribution >= 4 is 31.5 Å². The second-order valence-corrected chi connectivity index (χ2v) is 7.05. The molecular weight excluding hydrogens is 274 g/mol. The van der Waals surface area contributed by atoms with Crippen LogP contribution in [0.5, 0.6) is 0 Å². The molecule has 0 unspecified atom stereocenters. The summed E-state index contributed by atoms with van der Waals surface area (Å²) in [7, 11) is -3.99. The average molecular weight is 289 g/mol. The lowest BCUT2D eigenvalue weighted by atomic mass is 10.1. The number of nitrogens with one attached hydrogen (secondary N) is 1. The van der Waals surface area contributed by atoms with Crippen molar-refractivity contribution in [2.45, 2.75) is 20.3 Å². The van der Waals surface area contributed by atoms with Gasteiger partial charge < -0.3 is 5.32 Å². The van der Waals surface area contributed by atoms with E-state index >= 15 is 0 Å². The molecule has 0 radical (unpaired) electrons. The Morgan fingerprint density at radius 1 is 1.44 bits per heavy atom. The minimum Gasteiger partial charge on any atom is -0.325 e. The number of carbonyl (C=O) groups is 1. The standard InChI is InChI=1S/C11H15NO4S2/c1-3-9-6-4-5-8(2)11(9)12-10(13)7-17-18(14,15)16/h4-6H,3,7H2,1-2H3,(H,12,13)(H,14,15,16). The fourth-order valence-electron chi connectivity index (χ4n) is 1.51. The molecule has 0 saturated heterocycles. The van der Waals surface area contributed by atoms with E-state index in [9.17, 15) is 13.2 Å². The Bertz CT molecular complexity index is 540. The van der Waals surface area contributed by atoms with Crippen LogP contribution in [0.15, 0.2) is 18.2 Å².